The minimum Gasteiger partial charge on any atom is -0.507 e. The molecule has 9 heteroatoms. The maximum absolute atomic E-state index is 10.4. The second-order valence-corrected chi connectivity index (χ2v) is 8.06. The maximum Gasteiger partial charge on any atom is 0.245 e. The number of benzene rings is 1. The molecule has 0 unspecified atom stereocenters. The largest absolute Gasteiger partial charge is 0.507 e. The van der Waals surface area contributed by atoms with Gasteiger partial charge < -0.3 is 15.3 Å². The van der Waals surface area contributed by atoms with E-state index in [1.54, 1.807) is 23.8 Å². The van der Waals surface area contributed by atoms with Crippen molar-refractivity contribution in [2.24, 2.45) is 5.92 Å². The van der Waals surface area contributed by atoms with Crippen molar-refractivity contribution in [3.8, 4) is 28.4 Å². The van der Waals surface area contributed by atoms with Crippen molar-refractivity contribution >= 4 is 17.5 Å². The van der Waals surface area contributed by atoms with Gasteiger partial charge in [0.15, 0.2) is 5.82 Å². The van der Waals surface area contributed by atoms with Gasteiger partial charge in [-0.25, -0.2) is 9.97 Å². The zero-order valence-electron chi connectivity index (χ0n) is 16.1. The standard InChI is InChI=1S/C19H23N7OS/c1-11(2)16-9-26(8-12(3)22-16)19-20-7-15(23-24-19)14-5-4-13(6-17(14)27)18-21-10-28-25-18/h4-7,10-12,16,22,27H,8-9H2,1-3H3/t12-,16-/m1/s1. The summed E-state index contributed by atoms with van der Waals surface area (Å²) in [7, 11) is 0. The average molecular weight is 398 g/mol. The highest BCUT2D eigenvalue weighted by Crippen LogP contribution is 2.31. The molecular weight excluding hydrogens is 374 g/mol. The highest BCUT2D eigenvalue weighted by Gasteiger charge is 2.27. The predicted molar refractivity (Wildman–Crippen MR) is 109 cm³/mol. The highest BCUT2D eigenvalue weighted by molar-refractivity contribution is 7.03. The Kier molecular flexibility index (Phi) is 5.19. The molecule has 3 heterocycles. The summed E-state index contributed by atoms with van der Waals surface area (Å²) in [6.45, 7) is 8.28. The van der Waals surface area contributed by atoms with Crippen molar-refractivity contribution < 1.29 is 5.11 Å². The maximum atomic E-state index is 10.4. The van der Waals surface area contributed by atoms with Crippen LogP contribution in [0.2, 0.25) is 0 Å². The molecule has 8 nitrogen and oxygen atoms in total. The summed E-state index contributed by atoms with van der Waals surface area (Å²) in [5, 5.41) is 22.7. The molecule has 2 atom stereocenters. The number of aromatic nitrogens is 5. The lowest BCUT2D eigenvalue weighted by molar-refractivity contribution is 0.319. The molecule has 1 aromatic carbocycles. The summed E-state index contributed by atoms with van der Waals surface area (Å²) in [5.74, 6) is 1.84. The van der Waals surface area contributed by atoms with Crippen LogP contribution in [0.15, 0.2) is 29.9 Å². The molecule has 146 valence electrons. The molecule has 1 fully saturated rings. The number of nitrogens with zero attached hydrogens (tertiary/aromatic N) is 6. The van der Waals surface area contributed by atoms with E-state index in [2.05, 4.69) is 55.5 Å². The van der Waals surface area contributed by atoms with Gasteiger partial charge in [-0.3, -0.25) is 0 Å². The van der Waals surface area contributed by atoms with E-state index in [1.165, 1.54) is 11.5 Å². The topological polar surface area (TPSA) is 100.0 Å². The van der Waals surface area contributed by atoms with Crippen LogP contribution in [0.4, 0.5) is 5.95 Å². The minimum atomic E-state index is 0.104. The van der Waals surface area contributed by atoms with Gasteiger partial charge in [-0.1, -0.05) is 19.9 Å². The van der Waals surface area contributed by atoms with E-state index in [4.69, 9.17) is 0 Å². The van der Waals surface area contributed by atoms with Crippen LogP contribution in [0.1, 0.15) is 20.8 Å². The third-order valence-corrected chi connectivity index (χ3v) is 5.42. The van der Waals surface area contributed by atoms with E-state index in [0.29, 0.717) is 41.0 Å². The molecule has 0 aliphatic carbocycles. The first kappa shape index (κ1) is 18.7. The van der Waals surface area contributed by atoms with Crippen molar-refractivity contribution in [2.45, 2.75) is 32.9 Å². The van der Waals surface area contributed by atoms with Crippen LogP contribution in [0.25, 0.3) is 22.6 Å². The van der Waals surface area contributed by atoms with Gasteiger partial charge in [0, 0.05) is 36.3 Å². The molecule has 28 heavy (non-hydrogen) atoms. The van der Waals surface area contributed by atoms with Gasteiger partial charge in [0.1, 0.15) is 17.0 Å². The molecule has 0 amide bonds. The van der Waals surface area contributed by atoms with Crippen molar-refractivity contribution in [3.05, 3.63) is 29.9 Å². The van der Waals surface area contributed by atoms with E-state index in [-0.39, 0.29) is 5.75 Å². The summed E-state index contributed by atoms with van der Waals surface area (Å²) >= 11 is 1.27. The molecule has 0 saturated carbocycles. The molecule has 0 spiro atoms. The van der Waals surface area contributed by atoms with Crippen molar-refractivity contribution in [2.75, 3.05) is 18.0 Å². The van der Waals surface area contributed by atoms with Gasteiger partial charge >= 0.3 is 0 Å². The Morgan fingerprint density at radius 3 is 2.71 bits per heavy atom. The fourth-order valence-corrected chi connectivity index (χ4v) is 3.85. The molecule has 4 rings (SSSR count). The Hall–Kier alpha value is -2.65. The van der Waals surface area contributed by atoms with E-state index in [1.807, 2.05) is 6.07 Å². The molecule has 1 aliphatic rings. The summed E-state index contributed by atoms with van der Waals surface area (Å²) in [6, 6.07) is 6.04. The summed E-state index contributed by atoms with van der Waals surface area (Å²) < 4.78 is 4.19. The highest BCUT2D eigenvalue weighted by atomic mass is 32.1. The molecule has 1 saturated heterocycles. The number of nitrogens with one attached hydrogen (secondary N) is 1. The van der Waals surface area contributed by atoms with Crippen LogP contribution < -0.4 is 10.2 Å². The predicted octanol–water partition coefficient (Wildman–Crippen LogP) is 2.59. The van der Waals surface area contributed by atoms with Gasteiger partial charge in [0.05, 0.1) is 6.20 Å². The van der Waals surface area contributed by atoms with Crippen molar-refractivity contribution in [3.63, 3.8) is 0 Å². The third-order valence-electron chi connectivity index (χ3n) is 4.94. The molecule has 3 aromatic rings. The summed E-state index contributed by atoms with van der Waals surface area (Å²) in [5.41, 5.74) is 3.53. The van der Waals surface area contributed by atoms with Crippen molar-refractivity contribution in [1.29, 1.82) is 0 Å². The van der Waals surface area contributed by atoms with Crippen LogP contribution in [0.5, 0.6) is 5.75 Å². The fraction of sp³-hybridized carbons (Fsp3) is 0.421. The van der Waals surface area contributed by atoms with Gasteiger partial charge in [-0.15, -0.1) is 10.2 Å². The van der Waals surface area contributed by atoms with E-state index < -0.39 is 0 Å². The SMILES string of the molecule is CC(C)[C@H]1CN(c2ncc(-c3ccc(-c4ncsn4)cc3O)nn2)C[C@@H](C)N1. The van der Waals surface area contributed by atoms with Crippen LogP contribution in [-0.4, -0.2) is 54.8 Å². The first-order valence-corrected chi connectivity index (χ1v) is 10.2. The molecule has 1 aliphatic heterocycles. The molecular formula is C19H23N7OS. The quantitative estimate of drug-likeness (QED) is 0.693. The van der Waals surface area contributed by atoms with Crippen molar-refractivity contribution in [1.82, 2.24) is 29.9 Å². The second kappa shape index (κ2) is 7.76. The van der Waals surface area contributed by atoms with Crippen LogP contribution in [0, 0.1) is 5.92 Å². The number of anilines is 1. The zero-order valence-corrected chi connectivity index (χ0v) is 16.9. The first-order chi connectivity index (χ1) is 13.5. The minimum absolute atomic E-state index is 0.104. The monoisotopic (exact) mass is 397 g/mol. The average Bonchev–Trinajstić information content (AvgIpc) is 3.22. The normalized spacial score (nSPS) is 19.9. The number of phenols is 1. The van der Waals surface area contributed by atoms with Gasteiger partial charge in [0.2, 0.25) is 5.95 Å². The lowest BCUT2D eigenvalue weighted by Crippen LogP contribution is -2.57. The number of hydrogen-bond acceptors (Lipinski definition) is 9. The Balaban J connectivity index is 1.55. The van der Waals surface area contributed by atoms with Crippen LogP contribution >= 0.6 is 11.5 Å². The first-order valence-electron chi connectivity index (χ1n) is 9.32. The van der Waals surface area contributed by atoms with Crippen LogP contribution in [-0.2, 0) is 0 Å². The Labute approximate surface area is 167 Å². The smallest absolute Gasteiger partial charge is 0.245 e. The summed E-state index contributed by atoms with van der Waals surface area (Å²) in [6.07, 6.45) is 1.66. The van der Waals surface area contributed by atoms with Gasteiger partial charge in [-0.2, -0.15) is 4.37 Å². The second-order valence-electron chi connectivity index (χ2n) is 7.45. The number of phenolic OH excluding ortho intramolecular Hbond substituents is 1. The fourth-order valence-electron chi connectivity index (χ4n) is 3.40. The lowest BCUT2D eigenvalue weighted by atomic mass is 10.00. The number of hydrogen-bond donors (Lipinski definition) is 2. The van der Waals surface area contributed by atoms with Gasteiger partial charge in [0.25, 0.3) is 0 Å². The van der Waals surface area contributed by atoms with Crippen LogP contribution in [0.3, 0.4) is 0 Å². The lowest BCUT2D eigenvalue weighted by Gasteiger charge is -2.39. The number of rotatable bonds is 4. The van der Waals surface area contributed by atoms with E-state index in [0.717, 1.165) is 18.7 Å². The van der Waals surface area contributed by atoms with E-state index in [9.17, 15) is 5.11 Å². The number of aromatic hydroxyl groups is 1. The Bertz CT molecular complexity index is 930. The number of piperazine rings is 1. The summed E-state index contributed by atoms with van der Waals surface area (Å²) in [4.78, 5) is 10.8. The Morgan fingerprint density at radius 1 is 1.21 bits per heavy atom. The van der Waals surface area contributed by atoms with Gasteiger partial charge in [-0.05, 0) is 36.5 Å². The zero-order chi connectivity index (χ0) is 19.7. The molecule has 2 N–H and O–H groups in total. The Morgan fingerprint density at radius 2 is 2.07 bits per heavy atom. The van der Waals surface area contributed by atoms with E-state index >= 15 is 0 Å². The molecule has 2 aromatic heterocycles. The third kappa shape index (κ3) is 3.81. The molecule has 0 bridgehead atoms. The molecule has 0 radical (unpaired) electrons.